The van der Waals surface area contributed by atoms with E-state index in [9.17, 15) is 0 Å². The molecule has 0 aliphatic rings. The molecule has 0 aliphatic heterocycles. The minimum atomic E-state index is 0.141. The van der Waals surface area contributed by atoms with Gasteiger partial charge in [0.1, 0.15) is 13.1 Å². The highest BCUT2D eigenvalue weighted by Crippen LogP contribution is 2.14. The zero-order valence-corrected chi connectivity index (χ0v) is 8.01. The summed E-state index contributed by atoms with van der Waals surface area (Å²) in [4.78, 5) is 1.61. The van der Waals surface area contributed by atoms with Crippen molar-refractivity contribution in [3.05, 3.63) is 29.8 Å². The second-order valence-electron chi connectivity index (χ2n) is 2.83. The van der Waals surface area contributed by atoms with Crippen molar-refractivity contribution in [2.75, 3.05) is 18.0 Å². The third-order valence-electron chi connectivity index (χ3n) is 1.86. The first-order valence-corrected chi connectivity index (χ1v) is 4.31. The van der Waals surface area contributed by atoms with Crippen molar-refractivity contribution in [3.63, 3.8) is 0 Å². The van der Waals surface area contributed by atoms with Crippen molar-refractivity contribution in [3.8, 4) is 18.2 Å². The maximum atomic E-state index is 8.71. The lowest BCUT2D eigenvalue weighted by Gasteiger charge is -2.17. The predicted molar refractivity (Wildman–Crippen MR) is 54.6 cm³/mol. The molecule has 0 N–H and O–H groups in total. The molecule has 4 heteroatoms. The molecule has 0 spiro atoms. The summed E-state index contributed by atoms with van der Waals surface area (Å²) in [5.74, 6) is 0. The molecule has 0 aromatic heterocycles. The molecule has 0 radical (unpaired) electrons. The van der Waals surface area contributed by atoms with Crippen LogP contribution >= 0.6 is 0 Å². The van der Waals surface area contributed by atoms with Crippen molar-refractivity contribution in [2.45, 2.75) is 0 Å². The van der Waals surface area contributed by atoms with E-state index in [4.69, 9.17) is 15.8 Å². The van der Waals surface area contributed by atoms with Crippen molar-refractivity contribution < 1.29 is 0 Å². The highest BCUT2D eigenvalue weighted by Gasteiger charge is 2.05. The summed E-state index contributed by atoms with van der Waals surface area (Å²) in [7, 11) is 0. The van der Waals surface area contributed by atoms with Gasteiger partial charge in [-0.05, 0) is 18.2 Å². The molecule has 0 fully saturated rings. The molecule has 0 amide bonds. The van der Waals surface area contributed by atoms with Crippen molar-refractivity contribution in [2.24, 2.45) is 0 Å². The third-order valence-corrected chi connectivity index (χ3v) is 1.86. The average Bonchev–Trinajstić information content (AvgIpc) is 2.29. The van der Waals surface area contributed by atoms with Gasteiger partial charge in [-0.1, -0.05) is 6.07 Å². The second-order valence-corrected chi connectivity index (χ2v) is 2.83. The lowest BCUT2D eigenvalue weighted by atomic mass is 10.2. The Morgan fingerprint density at radius 3 is 2.27 bits per heavy atom. The SMILES string of the molecule is N#CCN(CC#N)c1cccc(C#N)c1. The van der Waals surface area contributed by atoms with Gasteiger partial charge in [-0.2, -0.15) is 15.8 Å². The van der Waals surface area contributed by atoms with Crippen LogP contribution in [-0.4, -0.2) is 13.1 Å². The first kappa shape index (κ1) is 10.6. The van der Waals surface area contributed by atoms with Gasteiger partial charge in [0.2, 0.25) is 0 Å². The fraction of sp³-hybridized carbons (Fsp3) is 0.182. The molecule has 1 aromatic rings. The summed E-state index contributed by atoms with van der Waals surface area (Å²) in [5.41, 5.74) is 1.24. The standard InChI is InChI=1S/C11H8N4/c12-4-6-15(7-5-13)11-3-1-2-10(8-11)9-14/h1-3,8H,6-7H2. The minimum absolute atomic E-state index is 0.141. The molecule has 0 aliphatic carbocycles. The van der Waals surface area contributed by atoms with E-state index in [0.29, 0.717) is 5.56 Å². The van der Waals surface area contributed by atoms with Gasteiger partial charge in [0.15, 0.2) is 0 Å². The van der Waals surface area contributed by atoms with Crippen LogP contribution in [0.15, 0.2) is 24.3 Å². The van der Waals surface area contributed by atoms with Gasteiger partial charge in [0.25, 0.3) is 0 Å². The summed E-state index contributed by atoms with van der Waals surface area (Å²) in [6, 6.07) is 12.8. The Balaban J connectivity index is 2.97. The van der Waals surface area contributed by atoms with Gasteiger partial charge in [0.05, 0.1) is 23.8 Å². The number of hydrogen-bond acceptors (Lipinski definition) is 4. The highest BCUT2D eigenvalue weighted by atomic mass is 15.1. The molecule has 0 unspecified atom stereocenters. The Bertz CT molecular complexity index is 443. The second kappa shape index (κ2) is 5.27. The fourth-order valence-corrected chi connectivity index (χ4v) is 1.18. The molecule has 0 saturated heterocycles. The summed E-state index contributed by atoms with van der Waals surface area (Å²) in [6.07, 6.45) is 0. The van der Waals surface area contributed by atoms with E-state index in [-0.39, 0.29) is 13.1 Å². The predicted octanol–water partition coefficient (Wildman–Crippen LogP) is 1.41. The van der Waals surface area contributed by atoms with Crippen LogP contribution in [0, 0.1) is 34.0 Å². The van der Waals surface area contributed by atoms with Crippen LogP contribution in [-0.2, 0) is 0 Å². The molecule has 1 aromatic carbocycles. The van der Waals surface area contributed by atoms with Gasteiger partial charge >= 0.3 is 0 Å². The van der Waals surface area contributed by atoms with Gasteiger partial charge < -0.3 is 4.90 Å². The smallest absolute Gasteiger partial charge is 0.106 e. The molecule has 15 heavy (non-hydrogen) atoms. The van der Waals surface area contributed by atoms with E-state index in [1.165, 1.54) is 0 Å². The third kappa shape index (κ3) is 2.72. The van der Waals surface area contributed by atoms with Crippen molar-refractivity contribution >= 4 is 5.69 Å². The van der Waals surface area contributed by atoms with E-state index in [1.54, 1.807) is 29.2 Å². The van der Waals surface area contributed by atoms with E-state index in [1.807, 2.05) is 18.2 Å². The Labute approximate surface area is 88.2 Å². The zero-order chi connectivity index (χ0) is 11.1. The molecule has 0 bridgehead atoms. The van der Waals surface area contributed by atoms with Crippen LogP contribution in [0.25, 0.3) is 0 Å². The highest BCUT2D eigenvalue weighted by molar-refractivity contribution is 5.52. The Morgan fingerprint density at radius 1 is 1.07 bits per heavy atom. The molecule has 1 rings (SSSR count). The average molecular weight is 196 g/mol. The van der Waals surface area contributed by atoms with Crippen molar-refractivity contribution in [1.29, 1.82) is 15.8 Å². The van der Waals surface area contributed by atoms with E-state index in [0.717, 1.165) is 5.69 Å². The lowest BCUT2D eigenvalue weighted by molar-refractivity contribution is 0.966. The maximum absolute atomic E-state index is 8.71. The summed E-state index contributed by atoms with van der Waals surface area (Å²) < 4.78 is 0. The maximum Gasteiger partial charge on any atom is 0.106 e. The number of hydrogen-bond donors (Lipinski definition) is 0. The Kier molecular flexibility index (Phi) is 3.71. The number of benzene rings is 1. The number of rotatable bonds is 3. The molecule has 0 saturated carbocycles. The molecule has 72 valence electrons. The van der Waals surface area contributed by atoms with Crippen molar-refractivity contribution in [1.82, 2.24) is 0 Å². The van der Waals surface area contributed by atoms with Gasteiger partial charge in [-0.15, -0.1) is 0 Å². The van der Waals surface area contributed by atoms with Gasteiger partial charge in [0, 0.05) is 5.69 Å². The van der Waals surface area contributed by atoms with Crippen LogP contribution in [0.2, 0.25) is 0 Å². The van der Waals surface area contributed by atoms with E-state index >= 15 is 0 Å². The summed E-state index contributed by atoms with van der Waals surface area (Å²) >= 11 is 0. The van der Waals surface area contributed by atoms with Crippen LogP contribution in [0.5, 0.6) is 0 Å². The fourth-order valence-electron chi connectivity index (χ4n) is 1.18. The number of nitriles is 3. The Morgan fingerprint density at radius 2 is 1.73 bits per heavy atom. The number of nitrogens with zero attached hydrogens (tertiary/aromatic N) is 4. The summed E-state index contributed by atoms with van der Waals surface area (Å²) in [6.45, 7) is 0.283. The normalized spacial score (nSPS) is 8.33. The minimum Gasteiger partial charge on any atom is -0.345 e. The van der Waals surface area contributed by atoms with Crippen LogP contribution < -0.4 is 4.90 Å². The number of anilines is 1. The van der Waals surface area contributed by atoms with Gasteiger partial charge in [-0.25, -0.2) is 0 Å². The Hall–Kier alpha value is -2.51. The van der Waals surface area contributed by atoms with Crippen LogP contribution in [0.1, 0.15) is 5.56 Å². The first-order valence-electron chi connectivity index (χ1n) is 4.31. The van der Waals surface area contributed by atoms with E-state index < -0.39 is 0 Å². The summed E-state index contributed by atoms with van der Waals surface area (Å²) in [5, 5.41) is 25.9. The first-order chi connectivity index (χ1) is 7.31. The zero-order valence-electron chi connectivity index (χ0n) is 8.01. The molecule has 0 heterocycles. The largest absolute Gasteiger partial charge is 0.345 e. The van der Waals surface area contributed by atoms with Crippen LogP contribution in [0.4, 0.5) is 5.69 Å². The lowest BCUT2D eigenvalue weighted by Crippen LogP contribution is -2.23. The van der Waals surface area contributed by atoms with Gasteiger partial charge in [-0.3, -0.25) is 0 Å². The quantitative estimate of drug-likeness (QED) is 0.685. The molecular formula is C11H8N4. The van der Waals surface area contributed by atoms with E-state index in [2.05, 4.69) is 0 Å². The van der Waals surface area contributed by atoms with Crippen LogP contribution in [0.3, 0.4) is 0 Å². The topological polar surface area (TPSA) is 74.6 Å². The monoisotopic (exact) mass is 196 g/mol. The molecular weight excluding hydrogens is 188 g/mol. The molecule has 4 nitrogen and oxygen atoms in total. The molecule has 0 atom stereocenters.